The zero-order valence-corrected chi connectivity index (χ0v) is 10.1. The van der Waals surface area contributed by atoms with Gasteiger partial charge in [0.1, 0.15) is 5.83 Å². The molecular weight excluding hydrogens is 233 g/mol. The molecule has 0 spiro atoms. The maximum atomic E-state index is 13.4. The Morgan fingerprint density at radius 3 is 2.89 bits per heavy atom. The largest absolute Gasteiger partial charge is 0.298 e. The van der Waals surface area contributed by atoms with Crippen molar-refractivity contribution in [3.63, 3.8) is 0 Å². The van der Waals surface area contributed by atoms with Gasteiger partial charge in [0.25, 0.3) is 0 Å². The average molecular weight is 245 g/mol. The molecule has 0 atom stereocenters. The van der Waals surface area contributed by atoms with Gasteiger partial charge in [-0.2, -0.15) is 5.10 Å². The highest BCUT2D eigenvalue weighted by Crippen LogP contribution is 2.20. The molecule has 0 N–H and O–H groups in total. The van der Waals surface area contributed by atoms with E-state index < -0.39 is 0 Å². The molecule has 5 heteroatoms. The van der Waals surface area contributed by atoms with E-state index in [0.717, 1.165) is 0 Å². The lowest BCUT2D eigenvalue weighted by Gasteiger charge is -2.03. The van der Waals surface area contributed by atoms with Crippen LogP contribution in [0.15, 0.2) is 36.4 Å². The summed E-state index contributed by atoms with van der Waals surface area (Å²) in [4.78, 5) is 15.1. The van der Waals surface area contributed by atoms with Crippen LogP contribution >= 0.6 is 0 Å². The van der Waals surface area contributed by atoms with Crippen molar-refractivity contribution in [3.05, 3.63) is 47.7 Å². The van der Waals surface area contributed by atoms with Gasteiger partial charge in [-0.15, -0.1) is 0 Å². The molecule has 2 heterocycles. The third-order valence-corrected chi connectivity index (χ3v) is 2.50. The van der Waals surface area contributed by atoms with Gasteiger partial charge in [0.05, 0.1) is 17.5 Å². The Labute approximate surface area is 103 Å². The third-order valence-electron chi connectivity index (χ3n) is 2.50. The molecule has 0 radical (unpaired) electrons. The molecule has 2 aromatic heterocycles. The van der Waals surface area contributed by atoms with E-state index in [1.54, 1.807) is 31.3 Å². The van der Waals surface area contributed by atoms with Crippen LogP contribution in [-0.2, 0) is 0 Å². The summed E-state index contributed by atoms with van der Waals surface area (Å²) in [5.41, 5.74) is 1.68. The average Bonchev–Trinajstić information content (AvgIpc) is 2.77. The Morgan fingerprint density at radius 2 is 2.28 bits per heavy atom. The zero-order chi connectivity index (χ0) is 13.1. The standard InChI is InChI=1S/C13H12FN3O/c1-3-4-11(9(2)14)12-5-6-17-13(16-12)10(8-18)7-15-17/h3-8H,1-2H3. The summed E-state index contributed by atoms with van der Waals surface area (Å²) in [6.45, 7) is 3.18. The van der Waals surface area contributed by atoms with Crippen LogP contribution in [0.2, 0.25) is 0 Å². The normalized spacial score (nSPS) is 13.1. The van der Waals surface area contributed by atoms with Crippen molar-refractivity contribution < 1.29 is 9.18 Å². The molecule has 4 nitrogen and oxygen atoms in total. The van der Waals surface area contributed by atoms with Crippen LogP contribution in [0, 0.1) is 0 Å². The second-order valence-corrected chi connectivity index (χ2v) is 3.75. The summed E-state index contributed by atoms with van der Waals surface area (Å²) in [5.74, 6) is -0.322. The molecule has 92 valence electrons. The summed E-state index contributed by atoms with van der Waals surface area (Å²) < 4.78 is 14.9. The minimum atomic E-state index is -0.322. The molecule has 0 aromatic carbocycles. The van der Waals surface area contributed by atoms with Gasteiger partial charge in [-0.25, -0.2) is 13.9 Å². The van der Waals surface area contributed by atoms with Crippen molar-refractivity contribution in [3.8, 4) is 0 Å². The van der Waals surface area contributed by atoms with E-state index in [9.17, 15) is 9.18 Å². The maximum Gasteiger partial charge on any atom is 0.166 e. The molecule has 0 aliphatic heterocycles. The predicted molar refractivity (Wildman–Crippen MR) is 66.9 cm³/mol. The number of carbonyl (C=O) groups is 1. The van der Waals surface area contributed by atoms with Gasteiger partial charge in [0.2, 0.25) is 0 Å². The first-order valence-corrected chi connectivity index (χ1v) is 5.46. The lowest BCUT2D eigenvalue weighted by molar-refractivity contribution is 0.112. The lowest BCUT2D eigenvalue weighted by atomic mass is 10.1. The fourth-order valence-electron chi connectivity index (χ4n) is 1.66. The summed E-state index contributed by atoms with van der Waals surface area (Å²) in [6.07, 6.45) is 7.14. The molecule has 2 aromatic rings. The van der Waals surface area contributed by atoms with Crippen LogP contribution in [-0.4, -0.2) is 20.9 Å². The molecular formula is C13H12FN3O. The second kappa shape index (κ2) is 4.91. The molecule has 0 bridgehead atoms. The first kappa shape index (κ1) is 12.2. The summed E-state index contributed by atoms with van der Waals surface area (Å²) in [6, 6.07) is 1.66. The number of carbonyl (C=O) groups excluding carboxylic acids is 1. The number of rotatable bonds is 3. The number of fused-ring (bicyclic) bond motifs is 1. The van der Waals surface area contributed by atoms with Crippen LogP contribution in [0.25, 0.3) is 11.2 Å². The lowest BCUT2D eigenvalue weighted by Crippen LogP contribution is -1.96. The van der Waals surface area contributed by atoms with Crippen molar-refractivity contribution >= 4 is 17.5 Å². The maximum absolute atomic E-state index is 13.4. The highest BCUT2D eigenvalue weighted by atomic mass is 19.1. The molecule has 0 saturated carbocycles. The highest BCUT2D eigenvalue weighted by molar-refractivity contribution is 5.84. The Morgan fingerprint density at radius 1 is 1.50 bits per heavy atom. The number of aldehydes is 1. The van der Waals surface area contributed by atoms with Crippen molar-refractivity contribution in [2.24, 2.45) is 0 Å². The Kier molecular flexibility index (Phi) is 3.32. The van der Waals surface area contributed by atoms with Gasteiger partial charge in [-0.3, -0.25) is 4.79 Å². The number of halogens is 1. The van der Waals surface area contributed by atoms with Crippen LogP contribution in [0.4, 0.5) is 4.39 Å². The van der Waals surface area contributed by atoms with Crippen LogP contribution in [0.3, 0.4) is 0 Å². The van der Waals surface area contributed by atoms with Crippen molar-refractivity contribution in [2.75, 3.05) is 0 Å². The third kappa shape index (κ3) is 2.07. The highest BCUT2D eigenvalue weighted by Gasteiger charge is 2.09. The molecule has 0 amide bonds. The molecule has 18 heavy (non-hydrogen) atoms. The van der Waals surface area contributed by atoms with E-state index in [1.165, 1.54) is 17.6 Å². The monoisotopic (exact) mass is 245 g/mol. The van der Waals surface area contributed by atoms with Gasteiger partial charge < -0.3 is 0 Å². The number of nitrogens with zero attached hydrogens (tertiary/aromatic N) is 3. The SMILES string of the molecule is CC=CC(=C(C)F)c1ccn2ncc(C=O)c2n1. The molecule has 0 aliphatic rings. The zero-order valence-electron chi connectivity index (χ0n) is 10.1. The minimum Gasteiger partial charge on any atom is -0.298 e. The van der Waals surface area contributed by atoms with Gasteiger partial charge in [-0.05, 0) is 19.9 Å². The van der Waals surface area contributed by atoms with Crippen molar-refractivity contribution in [1.29, 1.82) is 0 Å². The summed E-state index contributed by atoms with van der Waals surface area (Å²) in [5, 5.41) is 3.98. The van der Waals surface area contributed by atoms with Crippen LogP contribution < -0.4 is 0 Å². The topological polar surface area (TPSA) is 47.3 Å². The number of hydrogen-bond acceptors (Lipinski definition) is 3. The van der Waals surface area contributed by atoms with Crippen molar-refractivity contribution in [2.45, 2.75) is 13.8 Å². The van der Waals surface area contributed by atoms with E-state index in [4.69, 9.17) is 0 Å². The fourth-order valence-corrected chi connectivity index (χ4v) is 1.66. The fraction of sp³-hybridized carbons (Fsp3) is 0.154. The summed E-state index contributed by atoms with van der Waals surface area (Å²) >= 11 is 0. The second-order valence-electron chi connectivity index (χ2n) is 3.75. The Hall–Kier alpha value is -2.30. The number of hydrogen-bond donors (Lipinski definition) is 0. The summed E-state index contributed by atoms with van der Waals surface area (Å²) in [7, 11) is 0. The van der Waals surface area contributed by atoms with Crippen molar-refractivity contribution in [1.82, 2.24) is 14.6 Å². The van der Waals surface area contributed by atoms with Crippen LogP contribution in [0.1, 0.15) is 29.9 Å². The van der Waals surface area contributed by atoms with Gasteiger partial charge >= 0.3 is 0 Å². The molecule has 0 aliphatic carbocycles. The Bertz CT molecular complexity index is 651. The van der Waals surface area contributed by atoms with E-state index in [-0.39, 0.29) is 5.83 Å². The molecule has 0 saturated heterocycles. The van der Waals surface area contributed by atoms with Crippen LogP contribution in [0.5, 0.6) is 0 Å². The first-order chi connectivity index (χ1) is 8.67. The first-order valence-electron chi connectivity index (χ1n) is 5.46. The Balaban J connectivity index is 2.65. The van der Waals surface area contributed by atoms with E-state index in [0.29, 0.717) is 28.8 Å². The molecule has 0 unspecified atom stereocenters. The van der Waals surface area contributed by atoms with E-state index in [1.807, 2.05) is 0 Å². The molecule has 0 fully saturated rings. The number of aromatic nitrogens is 3. The van der Waals surface area contributed by atoms with E-state index >= 15 is 0 Å². The smallest absolute Gasteiger partial charge is 0.166 e. The minimum absolute atomic E-state index is 0.322. The van der Waals surface area contributed by atoms with Gasteiger partial charge in [0, 0.05) is 11.8 Å². The molecule has 2 rings (SSSR count). The van der Waals surface area contributed by atoms with Gasteiger partial charge in [-0.1, -0.05) is 12.2 Å². The number of allylic oxidation sites excluding steroid dienone is 4. The quantitative estimate of drug-likeness (QED) is 0.617. The van der Waals surface area contributed by atoms with E-state index in [2.05, 4.69) is 10.1 Å². The predicted octanol–water partition coefficient (Wildman–Crippen LogP) is 2.82. The van der Waals surface area contributed by atoms with Gasteiger partial charge in [0.15, 0.2) is 11.9 Å².